The molecule has 0 aromatic heterocycles. The molecule has 0 aliphatic carbocycles. The predicted octanol–water partition coefficient (Wildman–Crippen LogP) is 1.51. The lowest BCUT2D eigenvalue weighted by Crippen LogP contribution is -2.65. The summed E-state index contributed by atoms with van der Waals surface area (Å²) in [6.45, 7) is 1.10. The van der Waals surface area contributed by atoms with E-state index in [2.05, 4.69) is 5.32 Å². The van der Waals surface area contributed by atoms with E-state index < -0.39 is 42.7 Å². The number of benzene rings is 2. The van der Waals surface area contributed by atoms with Gasteiger partial charge in [-0.1, -0.05) is 60.7 Å². The van der Waals surface area contributed by atoms with Crippen molar-refractivity contribution in [2.45, 2.75) is 50.8 Å². The number of ether oxygens (including phenoxy) is 4. The molecule has 32 heavy (non-hydrogen) atoms. The van der Waals surface area contributed by atoms with E-state index in [0.717, 1.165) is 11.1 Å². The van der Waals surface area contributed by atoms with E-state index >= 15 is 0 Å². The third kappa shape index (κ3) is 6.76. The van der Waals surface area contributed by atoms with Crippen molar-refractivity contribution in [3.63, 3.8) is 0 Å². The first kappa shape index (κ1) is 23.7. The summed E-state index contributed by atoms with van der Waals surface area (Å²) in [6, 6.07) is 17.2. The highest BCUT2D eigenvalue weighted by molar-refractivity contribution is 5.68. The van der Waals surface area contributed by atoms with Crippen molar-refractivity contribution in [2.75, 3.05) is 6.61 Å². The van der Waals surface area contributed by atoms with Gasteiger partial charge in [0, 0.05) is 6.92 Å². The molecule has 1 unspecified atom stereocenters. The van der Waals surface area contributed by atoms with Crippen molar-refractivity contribution in [3.8, 4) is 0 Å². The maximum Gasteiger partial charge on any atom is 0.407 e. The van der Waals surface area contributed by atoms with Crippen molar-refractivity contribution in [3.05, 3.63) is 71.8 Å². The molecule has 1 saturated heterocycles. The molecule has 172 valence electrons. The molecule has 0 bridgehead atoms. The highest BCUT2D eigenvalue weighted by atomic mass is 16.6. The molecule has 0 radical (unpaired) electrons. The lowest BCUT2D eigenvalue weighted by molar-refractivity contribution is -0.264. The average Bonchev–Trinajstić information content (AvgIpc) is 2.80. The summed E-state index contributed by atoms with van der Waals surface area (Å²) in [5.74, 6) is -0.554. The Kier molecular flexibility index (Phi) is 8.57. The van der Waals surface area contributed by atoms with Crippen molar-refractivity contribution in [2.24, 2.45) is 0 Å². The van der Waals surface area contributed by atoms with Crippen LogP contribution in [-0.4, -0.2) is 59.5 Å². The Hall–Kier alpha value is -2.98. The number of nitrogens with one attached hydrogen (secondary N) is 1. The monoisotopic (exact) mass is 445 g/mol. The maximum absolute atomic E-state index is 12.3. The van der Waals surface area contributed by atoms with Gasteiger partial charge < -0.3 is 34.5 Å². The number of aliphatic hydroxyl groups excluding tert-OH is 2. The first-order valence-electron chi connectivity index (χ1n) is 10.2. The summed E-state index contributed by atoms with van der Waals surface area (Å²) in [5.41, 5.74) is 1.63. The van der Waals surface area contributed by atoms with Gasteiger partial charge in [0.25, 0.3) is 0 Å². The zero-order valence-corrected chi connectivity index (χ0v) is 17.6. The summed E-state index contributed by atoms with van der Waals surface area (Å²) in [5, 5.41) is 23.8. The van der Waals surface area contributed by atoms with Crippen LogP contribution in [0.15, 0.2) is 60.7 Å². The molecule has 0 spiro atoms. The SMILES string of the molecule is CC(=O)OC[C@H]1OC(O)[C@H](NC(=O)OCc2ccccc2)[C@@H](OCc2ccccc2)[C@@H]1O. The quantitative estimate of drug-likeness (QED) is 0.523. The number of amides is 1. The summed E-state index contributed by atoms with van der Waals surface area (Å²) in [6.07, 6.45) is -5.71. The van der Waals surface area contributed by atoms with Gasteiger partial charge in [-0.15, -0.1) is 0 Å². The molecule has 2 aromatic carbocycles. The number of rotatable bonds is 8. The number of alkyl carbamates (subject to hydrolysis) is 1. The number of hydrogen-bond acceptors (Lipinski definition) is 8. The van der Waals surface area contributed by atoms with Crippen LogP contribution in [0, 0.1) is 0 Å². The molecule has 1 amide bonds. The molecule has 0 saturated carbocycles. The number of hydrogen-bond donors (Lipinski definition) is 3. The number of carbonyl (C=O) groups is 2. The zero-order valence-electron chi connectivity index (χ0n) is 17.6. The molecular weight excluding hydrogens is 418 g/mol. The second-order valence-corrected chi connectivity index (χ2v) is 7.35. The minimum absolute atomic E-state index is 0.0313. The lowest BCUT2D eigenvalue weighted by Gasteiger charge is -2.42. The molecule has 9 nitrogen and oxygen atoms in total. The van der Waals surface area contributed by atoms with Crippen molar-refractivity contribution < 1.29 is 38.7 Å². The molecule has 1 heterocycles. The van der Waals surface area contributed by atoms with E-state index in [4.69, 9.17) is 18.9 Å². The summed E-state index contributed by atoms with van der Waals surface area (Å²) < 4.78 is 21.4. The normalized spacial score (nSPS) is 25.0. The van der Waals surface area contributed by atoms with Gasteiger partial charge in [-0.05, 0) is 11.1 Å². The fraction of sp³-hybridized carbons (Fsp3) is 0.391. The van der Waals surface area contributed by atoms with Gasteiger partial charge in [-0.25, -0.2) is 4.79 Å². The van der Waals surface area contributed by atoms with Crippen LogP contribution in [0.1, 0.15) is 18.1 Å². The van der Waals surface area contributed by atoms with E-state index in [9.17, 15) is 19.8 Å². The van der Waals surface area contributed by atoms with Crippen LogP contribution >= 0.6 is 0 Å². The van der Waals surface area contributed by atoms with Crippen LogP contribution in [0.4, 0.5) is 4.79 Å². The van der Waals surface area contributed by atoms with Gasteiger partial charge in [0.15, 0.2) is 6.29 Å². The average molecular weight is 445 g/mol. The number of esters is 1. The predicted molar refractivity (Wildman–Crippen MR) is 112 cm³/mol. The first-order chi connectivity index (χ1) is 15.4. The van der Waals surface area contributed by atoms with Crippen molar-refractivity contribution in [1.82, 2.24) is 5.32 Å². The minimum Gasteiger partial charge on any atom is -0.463 e. The minimum atomic E-state index is -1.52. The molecule has 9 heteroatoms. The van der Waals surface area contributed by atoms with E-state index in [-0.39, 0.29) is 19.8 Å². The second-order valence-electron chi connectivity index (χ2n) is 7.35. The van der Waals surface area contributed by atoms with Crippen LogP contribution in [0.3, 0.4) is 0 Å². The zero-order chi connectivity index (χ0) is 22.9. The largest absolute Gasteiger partial charge is 0.463 e. The van der Waals surface area contributed by atoms with E-state index in [1.165, 1.54) is 6.92 Å². The topological polar surface area (TPSA) is 124 Å². The Morgan fingerprint density at radius 3 is 2.12 bits per heavy atom. The smallest absolute Gasteiger partial charge is 0.407 e. The van der Waals surface area contributed by atoms with E-state index in [1.54, 1.807) is 12.1 Å². The number of aliphatic hydroxyl groups is 2. The Bertz CT molecular complexity index is 863. The molecule has 1 aliphatic rings. The Morgan fingerprint density at radius 2 is 1.53 bits per heavy atom. The molecule has 1 fully saturated rings. The third-order valence-corrected chi connectivity index (χ3v) is 4.93. The van der Waals surface area contributed by atoms with Crippen LogP contribution in [0.2, 0.25) is 0 Å². The van der Waals surface area contributed by atoms with Crippen LogP contribution in [0.5, 0.6) is 0 Å². The summed E-state index contributed by atoms with van der Waals surface area (Å²) in [4.78, 5) is 23.5. The highest BCUT2D eigenvalue weighted by Crippen LogP contribution is 2.24. The first-order valence-corrected chi connectivity index (χ1v) is 10.2. The van der Waals surface area contributed by atoms with Crippen LogP contribution in [-0.2, 0) is 37.0 Å². The van der Waals surface area contributed by atoms with Crippen molar-refractivity contribution >= 4 is 12.1 Å². The van der Waals surface area contributed by atoms with Gasteiger partial charge in [-0.2, -0.15) is 0 Å². The maximum atomic E-state index is 12.3. The van der Waals surface area contributed by atoms with Gasteiger partial charge >= 0.3 is 12.1 Å². The Morgan fingerprint density at radius 1 is 0.938 bits per heavy atom. The standard InChI is InChI=1S/C23H27NO8/c1-15(25)29-14-18-20(26)21(30-12-16-8-4-2-5-9-16)19(22(27)32-18)24-23(28)31-13-17-10-6-3-7-11-17/h2-11,18-22,26-27H,12-14H2,1H3,(H,24,28)/t18-,19-,20-,21-,22?/m1/s1. The summed E-state index contributed by atoms with van der Waals surface area (Å²) >= 11 is 0. The molecular formula is C23H27NO8. The fourth-order valence-electron chi connectivity index (χ4n) is 3.29. The van der Waals surface area contributed by atoms with Crippen LogP contribution < -0.4 is 5.32 Å². The molecule has 1 aliphatic heterocycles. The third-order valence-electron chi connectivity index (χ3n) is 4.93. The molecule has 3 rings (SSSR count). The number of carbonyl (C=O) groups excluding carboxylic acids is 2. The highest BCUT2D eigenvalue weighted by Gasteiger charge is 2.46. The van der Waals surface area contributed by atoms with Crippen molar-refractivity contribution in [1.29, 1.82) is 0 Å². The van der Waals surface area contributed by atoms with E-state index in [1.807, 2.05) is 48.5 Å². The van der Waals surface area contributed by atoms with Gasteiger partial charge in [0.2, 0.25) is 0 Å². The molecule has 2 aromatic rings. The fourth-order valence-corrected chi connectivity index (χ4v) is 3.29. The van der Waals surface area contributed by atoms with Gasteiger partial charge in [0.05, 0.1) is 6.61 Å². The Balaban J connectivity index is 1.67. The van der Waals surface area contributed by atoms with Gasteiger partial charge in [0.1, 0.15) is 37.6 Å². The van der Waals surface area contributed by atoms with E-state index in [0.29, 0.717) is 0 Å². The summed E-state index contributed by atoms with van der Waals surface area (Å²) in [7, 11) is 0. The Labute approximate surface area is 185 Å². The van der Waals surface area contributed by atoms with Crippen LogP contribution in [0.25, 0.3) is 0 Å². The van der Waals surface area contributed by atoms with Gasteiger partial charge in [-0.3, -0.25) is 4.79 Å². The second kappa shape index (κ2) is 11.6. The molecule has 3 N–H and O–H groups in total. The lowest BCUT2D eigenvalue weighted by atomic mass is 9.96. The molecule has 5 atom stereocenters.